The second-order valence-corrected chi connectivity index (χ2v) is 3.77. The van der Waals surface area contributed by atoms with E-state index in [0.29, 0.717) is 12.5 Å². The van der Waals surface area contributed by atoms with Gasteiger partial charge in [0.1, 0.15) is 12.3 Å². The quantitative estimate of drug-likeness (QED) is 0.344. The lowest BCUT2D eigenvalue weighted by molar-refractivity contribution is 0.512. The highest BCUT2D eigenvalue weighted by atomic mass is 127. The first-order valence-corrected chi connectivity index (χ1v) is 5.89. The zero-order valence-electron chi connectivity index (χ0n) is 10.3. The second kappa shape index (κ2) is 10.4. The molecule has 0 saturated heterocycles. The molecule has 5 heteroatoms. The predicted octanol–water partition coefficient (Wildman–Crippen LogP) is 2.88. The lowest BCUT2D eigenvalue weighted by Gasteiger charge is -2.04. The number of halogens is 1. The van der Waals surface area contributed by atoms with E-state index in [-0.39, 0.29) is 24.0 Å². The van der Waals surface area contributed by atoms with Gasteiger partial charge in [-0.15, -0.1) is 24.0 Å². The summed E-state index contributed by atoms with van der Waals surface area (Å²) in [5.74, 6) is 1.32. The first-order chi connectivity index (χ1) is 7.83. The van der Waals surface area contributed by atoms with Crippen LogP contribution < -0.4 is 11.1 Å². The zero-order chi connectivity index (χ0) is 11.6. The molecule has 0 bridgehead atoms. The molecule has 98 valence electrons. The van der Waals surface area contributed by atoms with Gasteiger partial charge in [0.15, 0.2) is 5.96 Å². The number of unbranched alkanes of at least 4 members (excludes halogenated alkanes) is 3. The minimum absolute atomic E-state index is 0. The molecule has 1 heterocycles. The van der Waals surface area contributed by atoms with Gasteiger partial charge in [0.2, 0.25) is 0 Å². The van der Waals surface area contributed by atoms with Gasteiger partial charge in [-0.25, -0.2) is 4.99 Å². The Morgan fingerprint density at radius 2 is 2.24 bits per heavy atom. The van der Waals surface area contributed by atoms with Crippen molar-refractivity contribution in [3.05, 3.63) is 24.2 Å². The molecule has 0 spiro atoms. The van der Waals surface area contributed by atoms with Crippen LogP contribution in [-0.4, -0.2) is 12.5 Å². The second-order valence-electron chi connectivity index (χ2n) is 3.77. The summed E-state index contributed by atoms with van der Waals surface area (Å²) in [7, 11) is 0. The Balaban J connectivity index is 0.00000256. The first-order valence-electron chi connectivity index (χ1n) is 5.89. The van der Waals surface area contributed by atoms with Crippen LogP contribution in [0.3, 0.4) is 0 Å². The lowest BCUT2D eigenvalue weighted by atomic mass is 10.2. The van der Waals surface area contributed by atoms with Gasteiger partial charge in [0.05, 0.1) is 6.26 Å². The lowest BCUT2D eigenvalue weighted by Crippen LogP contribution is -2.32. The topological polar surface area (TPSA) is 63.5 Å². The summed E-state index contributed by atoms with van der Waals surface area (Å²) in [4.78, 5) is 4.17. The van der Waals surface area contributed by atoms with Gasteiger partial charge in [-0.2, -0.15) is 0 Å². The van der Waals surface area contributed by atoms with Crippen molar-refractivity contribution in [2.45, 2.75) is 39.2 Å². The van der Waals surface area contributed by atoms with Crippen LogP contribution in [0.2, 0.25) is 0 Å². The Hall–Kier alpha value is -0.720. The van der Waals surface area contributed by atoms with Crippen molar-refractivity contribution in [1.82, 2.24) is 5.32 Å². The van der Waals surface area contributed by atoms with Crippen LogP contribution in [0.1, 0.15) is 38.4 Å². The van der Waals surface area contributed by atoms with Crippen molar-refractivity contribution in [1.29, 1.82) is 0 Å². The number of aliphatic imine (C=N–C) groups is 1. The van der Waals surface area contributed by atoms with Crippen LogP contribution in [-0.2, 0) is 6.54 Å². The molecule has 0 radical (unpaired) electrons. The molecule has 17 heavy (non-hydrogen) atoms. The summed E-state index contributed by atoms with van der Waals surface area (Å²) >= 11 is 0. The standard InChI is InChI=1S/C12H21N3O.HI/c1-2-3-4-5-8-14-12(13)15-10-11-7-6-9-16-11;/h6-7,9H,2-5,8,10H2,1H3,(H3,13,14,15);1H. The van der Waals surface area contributed by atoms with Crippen molar-refractivity contribution in [2.75, 3.05) is 6.54 Å². The smallest absolute Gasteiger partial charge is 0.189 e. The highest BCUT2D eigenvalue weighted by Gasteiger charge is 1.94. The van der Waals surface area contributed by atoms with E-state index >= 15 is 0 Å². The number of hydrogen-bond acceptors (Lipinski definition) is 2. The van der Waals surface area contributed by atoms with E-state index < -0.39 is 0 Å². The van der Waals surface area contributed by atoms with Crippen molar-refractivity contribution in [3.8, 4) is 0 Å². The van der Waals surface area contributed by atoms with Crippen LogP contribution in [0.25, 0.3) is 0 Å². The fraction of sp³-hybridized carbons (Fsp3) is 0.583. The van der Waals surface area contributed by atoms with E-state index in [1.54, 1.807) is 6.26 Å². The average molecular weight is 351 g/mol. The van der Waals surface area contributed by atoms with Crippen LogP contribution in [0.4, 0.5) is 0 Å². The van der Waals surface area contributed by atoms with Gasteiger partial charge in [0, 0.05) is 6.54 Å². The third-order valence-corrected chi connectivity index (χ3v) is 2.32. The first kappa shape index (κ1) is 16.3. The molecule has 0 amide bonds. The SMILES string of the molecule is CCCCCCNC(N)=NCc1ccco1.I. The molecule has 1 aromatic heterocycles. The molecule has 1 aromatic rings. The van der Waals surface area contributed by atoms with E-state index in [1.165, 1.54) is 19.3 Å². The van der Waals surface area contributed by atoms with Crippen LogP contribution in [0.15, 0.2) is 27.8 Å². The molecule has 1 rings (SSSR count). The van der Waals surface area contributed by atoms with Gasteiger partial charge < -0.3 is 15.5 Å². The number of nitrogens with two attached hydrogens (primary N) is 1. The fourth-order valence-electron chi connectivity index (χ4n) is 1.39. The van der Waals surface area contributed by atoms with Gasteiger partial charge in [0.25, 0.3) is 0 Å². The Bertz CT molecular complexity index is 299. The Kier molecular flexibility index (Phi) is 9.99. The maximum atomic E-state index is 5.70. The molecule has 0 unspecified atom stereocenters. The average Bonchev–Trinajstić information content (AvgIpc) is 2.79. The monoisotopic (exact) mass is 351 g/mol. The molecular formula is C12H22IN3O. The number of guanidine groups is 1. The molecule has 0 aliphatic carbocycles. The molecular weight excluding hydrogens is 329 g/mol. The largest absolute Gasteiger partial charge is 0.467 e. The number of rotatable bonds is 7. The summed E-state index contributed by atoms with van der Waals surface area (Å²) in [5, 5.41) is 3.09. The van der Waals surface area contributed by atoms with E-state index in [0.717, 1.165) is 18.7 Å². The van der Waals surface area contributed by atoms with Crippen molar-refractivity contribution < 1.29 is 4.42 Å². The molecule has 0 atom stereocenters. The summed E-state index contributed by atoms with van der Waals surface area (Å²) in [6.07, 6.45) is 6.56. The summed E-state index contributed by atoms with van der Waals surface area (Å²) < 4.78 is 5.15. The third-order valence-electron chi connectivity index (χ3n) is 2.32. The normalized spacial score (nSPS) is 11.0. The number of nitrogens with one attached hydrogen (secondary N) is 1. The highest BCUT2D eigenvalue weighted by Crippen LogP contribution is 2.01. The van der Waals surface area contributed by atoms with Gasteiger partial charge in [-0.1, -0.05) is 26.2 Å². The van der Waals surface area contributed by atoms with Gasteiger partial charge >= 0.3 is 0 Å². The van der Waals surface area contributed by atoms with E-state index in [4.69, 9.17) is 10.2 Å². The van der Waals surface area contributed by atoms with E-state index in [1.807, 2.05) is 12.1 Å². The van der Waals surface area contributed by atoms with Crippen molar-refractivity contribution >= 4 is 29.9 Å². The number of nitrogens with zero attached hydrogens (tertiary/aromatic N) is 1. The fourth-order valence-corrected chi connectivity index (χ4v) is 1.39. The highest BCUT2D eigenvalue weighted by molar-refractivity contribution is 14.0. The molecule has 0 aromatic carbocycles. The molecule has 0 aliphatic heterocycles. The van der Waals surface area contributed by atoms with Crippen molar-refractivity contribution in [2.24, 2.45) is 10.7 Å². The van der Waals surface area contributed by atoms with E-state index in [9.17, 15) is 0 Å². The minimum Gasteiger partial charge on any atom is -0.467 e. The molecule has 3 N–H and O–H groups in total. The van der Waals surface area contributed by atoms with Gasteiger partial charge in [-0.3, -0.25) is 0 Å². The molecule has 0 saturated carbocycles. The summed E-state index contributed by atoms with van der Waals surface area (Å²) in [6, 6.07) is 3.73. The maximum absolute atomic E-state index is 5.70. The zero-order valence-corrected chi connectivity index (χ0v) is 12.6. The molecule has 4 nitrogen and oxygen atoms in total. The van der Waals surface area contributed by atoms with Crippen LogP contribution in [0, 0.1) is 0 Å². The number of furan rings is 1. The number of hydrogen-bond donors (Lipinski definition) is 2. The third kappa shape index (κ3) is 8.06. The van der Waals surface area contributed by atoms with Crippen molar-refractivity contribution in [3.63, 3.8) is 0 Å². The van der Waals surface area contributed by atoms with Crippen LogP contribution >= 0.6 is 24.0 Å². The van der Waals surface area contributed by atoms with Gasteiger partial charge in [-0.05, 0) is 18.6 Å². The Morgan fingerprint density at radius 1 is 1.41 bits per heavy atom. The summed E-state index contributed by atoms with van der Waals surface area (Å²) in [6.45, 7) is 3.60. The molecule has 0 fully saturated rings. The predicted molar refractivity (Wildman–Crippen MR) is 81.6 cm³/mol. The summed E-state index contributed by atoms with van der Waals surface area (Å²) in [5.41, 5.74) is 5.70. The minimum atomic E-state index is 0. The maximum Gasteiger partial charge on any atom is 0.189 e. The Labute approximate surface area is 120 Å². The Morgan fingerprint density at radius 3 is 2.88 bits per heavy atom. The van der Waals surface area contributed by atoms with E-state index in [2.05, 4.69) is 17.2 Å². The molecule has 0 aliphatic rings. The van der Waals surface area contributed by atoms with Crippen LogP contribution in [0.5, 0.6) is 0 Å².